The van der Waals surface area contributed by atoms with Gasteiger partial charge in [-0.1, -0.05) is 64.7 Å². The van der Waals surface area contributed by atoms with Crippen molar-refractivity contribution in [3.8, 4) is 10.0 Å². The Bertz CT molecular complexity index is 1900. The van der Waals surface area contributed by atoms with Gasteiger partial charge in [-0.25, -0.2) is 0 Å². The summed E-state index contributed by atoms with van der Waals surface area (Å²) in [5.41, 5.74) is 1.38. The van der Waals surface area contributed by atoms with Crippen LogP contribution in [-0.4, -0.2) is 14.5 Å². The fourth-order valence-corrected chi connectivity index (χ4v) is 12.4. The molecule has 0 bridgehead atoms. The van der Waals surface area contributed by atoms with Crippen molar-refractivity contribution >= 4 is 97.8 Å². The van der Waals surface area contributed by atoms with Crippen LogP contribution < -0.4 is 0 Å². The van der Waals surface area contributed by atoms with Crippen LogP contribution in [0.2, 0.25) is 0 Å². The number of hydrogen-bond donors (Lipinski definition) is 0. The molecule has 204 valence electrons. The molecular formula is C36H36S3Se. The molecule has 0 saturated heterocycles. The quantitative estimate of drug-likeness (QED) is 0.0918. The summed E-state index contributed by atoms with van der Waals surface area (Å²) in [6.45, 7) is 2.30. The van der Waals surface area contributed by atoms with Gasteiger partial charge in [-0.15, -0.1) is 0 Å². The summed E-state index contributed by atoms with van der Waals surface area (Å²) in [5, 5.41) is 5.79. The van der Waals surface area contributed by atoms with Crippen LogP contribution in [0.1, 0.15) is 76.0 Å². The van der Waals surface area contributed by atoms with E-state index in [1.54, 1.807) is 4.88 Å². The summed E-state index contributed by atoms with van der Waals surface area (Å²) >= 11 is 6.42. The Morgan fingerprint density at radius 1 is 0.575 bits per heavy atom. The molecule has 0 aliphatic rings. The fraction of sp³-hybridized carbons (Fsp3) is 0.333. The van der Waals surface area contributed by atoms with Crippen LogP contribution in [0.3, 0.4) is 0 Å². The maximum atomic E-state index is 2.49. The molecule has 0 aliphatic heterocycles. The summed E-state index contributed by atoms with van der Waals surface area (Å²) in [6, 6.07) is 25.8. The van der Waals surface area contributed by atoms with Crippen molar-refractivity contribution in [3.05, 3.63) is 71.6 Å². The molecule has 0 radical (unpaired) electrons. The molecule has 0 nitrogen and oxygen atoms in total. The first kappa shape index (κ1) is 26.9. The zero-order valence-corrected chi connectivity index (χ0v) is 27.4. The molecular weight excluding hydrogens is 608 g/mol. The van der Waals surface area contributed by atoms with Crippen LogP contribution in [0, 0.1) is 0 Å². The predicted molar refractivity (Wildman–Crippen MR) is 186 cm³/mol. The van der Waals surface area contributed by atoms with E-state index in [9.17, 15) is 0 Å². The Balaban J connectivity index is 1.07. The molecule has 0 aliphatic carbocycles. The van der Waals surface area contributed by atoms with Crippen LogP contribution in [0.15, 0.2) is 66.7 Å². The van der Waals surface area contributed by atoms with Crippen LogP contribution in [-0.2, 0) is 6.42 Å². The van der Waals surface area contributed by atoms with Crippen molar-refractivity contribution in [1.82, 2.24) is 0 Å². The van der Waals surface area contributed by atoms with E-state index in [2.05, 4.69) is 73.7 Å². The molecule has 0 fully saturated rings. The molecule has 0 unspecified atom stereocenters. The third kappa shape index (κ3) is 5.46. The number of hydrogen-bond acceptors (Lipinski definition) is 3. The number of benzene rings is 3. The van der Waals surface area contributed by atoms with E-state index in [4.69, 9.17) is 0 Å². The second-order valence-corrected chi connectivity index (χ2v) is 16.8. The first-order valence-corrected chi connectivity index (χ1v) is 19.2. The second-order valence-electron chi connectivity index (χ2n) is 11.3. The molecule has 40 heavy (non-hydrogen) atoms. The van der Waals surface area contributed by atoms with Crippen molar-refractivity contribution in [2.24, 2.45) is 0 Å². The Hall–Kier alpha value is -1.94. The SMILES string of the molecule is CCCCCCCCCCCCc1cc2cc3c(cc2s1)sc1c2cc4cc(-c5ccccc5)[se]c4cc2sc31. The fourth-order valence-electron chi connectivity index (χ4n) is 6.04. The summed E-state index contributed by atoms with van der Waals surface area (Å²) in [7, 11) is 0. The second kappa shape index (κ2) is 12.1. The average molecular weight is 644 g/mol. The monoisotopic (exact) mass is 644 g/mol. The molecule has 7 rings (SSSR count). The van der Waals surface area contributed by atoms with Gasteiger partial charge in [0, 0.05) is 0 Å². The van der Waals surface area contributed by atoms with Gasteiger partial charge in [-0.2, -0.15) is 0 Å². The summed E-state index contributed by atoms with van der Waals surface area (Å²) in [5.74, 6) is 0. The van der Waals surface area contributed by atoms with Crippen LogP contribution in [0.5, 0.6) is 0 Å². The van der Waals surface area contributed by atoms with E-state index in [0.717, 1.165) is 0 Å². The van der Waals surface area contributed by atoms with Gasteiger partial charge in [-0.3, -0.25) is 0 Å². The van der Waals surface area contributed by atoms with Gasteiger partial charge in [0.1, 0.15) is 0 Å². The van der Waals surface area contributed by atoms with Gasteiger partial charge in [-0.05, 0) is 0 Å². The molecule has 0 amide bonds. The Morgan fingerprint density at radius 2 is 1.23 bits per heavy atom. The van der Waals surface area contributed by atoms with E-state index in [0.29, 0.717) is 14.5 Å². The Morgan fingerprint density at radius 3 is 1.95 bits per heavy atom. The normalized spacial score (nSPS) is 12.2. The van der Waals surface area contributed by atoms with Crippen molar-refractivity contribution in [2.75, 3.05) is 0 Å². The van der Waals surface area contributed by atoms with Gasteiger partial charge in [0.05, 0.1) is 0 Å². The van der Waals surface area contributed by atoms with Gasteiger partial charge in [0.15, 0.2) is 0 Å². The molecule has 4 heterocycles. The first-order valence-electron chi connectivity index (χ1n) is 15.1. The molecule has 4 heteroatoms. The molecule has 3 aromatic carbocycles. The summed E-state index contributed by atoms with van der Waals surface area (Å²) in [6.07, 6.45) is 15.3. The van der Waals surface area contributed by atoms with E-state index >= 15 is 0 Å². The topological polar surface area (TPSA) is 0 Å². The standard InChI is InChI=1S/C36H36S3Se/c1-2-3-4-5-6-7-8-9-10-14-17-27-18-25-19-28-31(22-30(25)37-27)38-36-29-20-26-21-33(24-15-12-11-13-16-24)40-34(26)23-32(29)39-35(28)36/h11-13,15-16,18-23H,2-10,14,17H2,1H3. The Kier molecular flexibility index (Phi) is 8.16. The van der Waals surface area contributed by atoms with E-state index < -0.39 is 0 Å². The van der Waals surface area contributed by atoms with Gasteiger partial charge >= 0.3 is 192 Å². The number of rotatable bonds is 12. The van der Waals surface area contributed by atoms with Gasteiger partial charge in [0.2, 0.25) is 0 Å². The molecule has 7 aromatic rings. The van der Waals surface area contributed by atoms with Crippen molar-refractivity contribution in [1.29, 1.82) is 0 Å². The predicted octanol–water partition coefficient (Wildman–Crippen LogP) is 12.8. The van der Waals surface area contributed by atoms with E-state index in [1.807, 2.05) is 34.0 Å². The Labute approximate surface area is 255 Å². The number of aryl methyl sites for hydroxylation is 1. The average Bonchev–Trinajstić information content (AvgIpc) is 3.73. The van der Waals surface area contributed by atoms with Crippen LogP contribution >= 0.6 is 34.0 Å². The van der Waals surface area contributed by atoms with Crippen LogP contribution in [0.25, 0.3) is 59.3 Å². The zero-order valence-electron chi connectivity index (χ0n) is 23.3. The summed E-state index contributed by atoms with van der Waals surface area (Å²) in [4.78, 5) is 1.57. The molecule has 4 aromatic heterocycles. The maximum absolute atomic E-state index is 2.49. The van der Waals surface area contributed by atoms with E-state index in [1.165, 1.54) is 130 Å². The molecule has 0 atom stereocenters. The molecule has 0 spiro atoms. The molecule has 0 N–H and O–H groups in total. The van der Waals surface area contributed by atoms with Gasteiger partial charge in [0.25, 0.3) is 0 Å². The third-order valence-corrected chi connectivity index (χ3v) is 14.3. The number of unbranched alkanes of at least 4 members (excludes halogenated alkanes) is 9. The number of thiophene rings is 3. The van der Waals surface area contributed by atoms with Crippen LogP contribution in [0.4, 0.5) is 0 Å². The van der Waals surface area contributed by atoms with Crippen molar-refractivity contribution in [3.63, 3.8) is 0 Å². The van der Waals surface area contributed by atoms with Crippen molar-refractivity contribution < 1.29 is 0 Å². The first-order chi connectivity index (χ1) is 19.8. The van der Waals surface area contributed by atoms with Gasteiger partial charge < -0.3 is 0 Å². The minimum absolute atomic E-state index is 0.387. The molecule has 0 saturated carbocycles. The third-order valence-electron chi connectivity index (χ3n) is 8.24. The summed E-state index contributed by atoms with van der Waals surface area (Å²) < 4.78 is 10.4. The van der Waals surface area contributed by atoms with Crippen molar-refractivity contribution in [2.45, 2.75) is 77.6 Å². The van der Waals surface area contributed by atoms with E-state index in [-0.39, 0.29) is 0 Å². The zero-order chi connectivity index (χ0) is 26.9. The number of fused-ring (bicyclic) bond motifs is 7. The minimum atomic E-state index is 0.387.